The van der Waals surface area contributed by atoms with Crippen molar-refractivity contribution < 1.29 is 8.78 Å². The van der Waals surface area contributed by atoms with Crippen LogP contribution in [0.4, 0.5) is 14.5 Å². The molecule has 2 aromatic carbocycles. The Morgan fingerprint density at radius 2 is 1.70 bits per heavy atom. The number of anilines is 1. The number of aliphatic imine (C=N–C) groups is 1. The molecule has 6 heteroatoms. The lowest BCUT2D eigenvalue weighted by Crippen LogP contribution is -2.23. The van der Waals surface area contributed by atoms with Crippen LogP contribution in [0.3, 0.4) is 0 Å². The summed E-state index contributed by atoms with van der Waals surface area (Å²) in [5.74, 6) is -0.888. The molecule has 2 aromatic rings. The Morgan fingerprint density at radius 1 is 1.04 bits per heavy atom. The quantitative estimate of drug-likeness (QED) is 0.434. The fourth-order valence-electron chi connectivity index (χ4n) is 2.07. The van der Waals surface area contributed by atoms with E-state index in [0.717, 1.165) is 17.3 Å². The van der Waals surface area contributed by atoms with Gasteiger partial charge in [0.15, 0.2) is 5.96 Å². The van der Waals surface area contributed by atoms with Crippen LogP contribution in [0.5, 0.6) is 0 Å². The summed E-state index contributed by atoms with van der Waals surface area (Å²) in [7, 11) is 0. The summed E-state index contributed by atoms with van der Waals surface area (Å²) >= 11 is 0. The molecule has 23 heavy (non-hydrogen) atoms. The first kappa shape index (κ1) is 19.3. The number of nitrogens with two attached hydrogens (primary N) is 1. The van der Waals surface area contributed by atoms with Gasteiger partial charge < -0.3 is 11.1 Å². The van der Waals surface area contributed by atoms with Gasteiger partial charge in [-0.15, -0.1) is 24.0 Å². The lowest BCUT2D eigenvalue weighted by molar-refractivity contribution is 0.579. The van der Waals surface area contributed by atoms with Crippen LogP contribution < -0.4 is 11.1 Å². The third kappa shape index (κ3) is 6.13. The minimum absolute atomic E-state index is 0. The van der Waals surface area contributed by atoms with Gasteiger partial charge in [-0.3, -0.25) is 4.99 Å². The molecule has 0 aliphatic rings. The molecule has 0 aliphatic heterocycles. The first-order valence-electron chi connectivity index (χ1n) is 7.03. The van der Waals surface area contributed by atoms with Crippen molar-refractivity contribution in [2.24, 2.45) is 10.7 Å². The topological polar surface area (TPSA) is 50.4 Å². The maximum atomic E-state index is 13.1. The first-order chi connectivity index (χ1) is 10.4. The molecule has 0 saturated heterocycles. The molecule has 0 spiro atoms. The minimum Gasteiger partial charge on any atom is -0.370 e. The van der Waals surface area contributed by atoms with Gasteiger partial charge in [0.05, 0.1) is 0 Å². The number of rotatable bonds is 4. The third-order valence-electron chi connectivity index (χ3n) is 3.38. The molecule has 0 saturated carbocycles. The molecule has 0 aliphatic carbocycles. The number of nitrogens with one attached hydrogen (secondary N) is 1. The molecule has 3 N–H and O–H groups in total. The molecule has 0 atom stereocenters. The van der Waals surface area contributed by atoms with Crippen LogP contribution >= 0.6 is 24.0 Å². The fraction of sp³-hybridized carbons (Fsp3) is 0.235. The highest BCUT2D eigenvalue weighted by Gasteiger charge is 2.01. The molecule has 0 radical (unpaired) electrons. The van der Waals surface area contributed by atoms with Crippen molar-refractivity contribution >= 4 is 35.6 Å². The average Bonchev–Trinajstić information content (AvgIpc) is 2.42. The van der Waals surface area contributed by atoms with Crippen molar-refractivity contribution in [3.8, 4) is 0 Å². The molecule has 0 aromatic heterocycles. The van der Waals surface area contributed by atoms with Crippen LogP contribution in [0.1, 0.15) is 16.7 Å². The van der Waals surface area contributed by atoms with E-state index >= 15 is 0 Å². The van der Waals surface area contributed by atoms with Crippen molar-refractivity contribution in [1.82, 2.24) is 0 Å². The Kier molecular flexibility index (Phi) is 7.41. The molecular formula is C17H20F2IN3. The number of nitrogens with zero attached hydrogens (tertiary/aromatic N) is 1. The number of aryl methyl sites for hydroxylation is 2. The van der Waals surface area contributed by atoms with Crippen LogP contribution in [0, 0.1) is 25.5 Å². The Morgan fingerprint density at radius 3 is 2.30 bits per heavy atom. The van der Waals surface area contributed by atoms with Crippen molar-refractivity contribution in [3.63, 3.8) is 0 Å². The van der Waals surface area contributed by atoms with E-state index in [4.69, 9.17) is 5.73 Å². The zero-order valence-corrected chi connectivity index (χ0v) is 15.4. The predicted molar refractivity (Wildman–Crippen MR) is 102 cm³/mol. The Hall–Kier alpha value is -1.70. The highest BCUT2D eigenvalue weighted by molar-refractivity contribution is 14.0. The number of guanidine groups is 1. The molecule has 0 amide bonds. The van der Waals surface area contributed by atoms with Crippen LogP contribution in [0.25, 0.3) is 0 Å². The molecule has 0 fully saturated rings. The van der Waals surface area contributed by atoms with Crippen LogP contribution in [0.15, 0.2) is 41.4 Å². The summed E-state index contributed by atoms with van der Waals surface area (Å²) < 4.78 is 26.1. The minimum atomic E-state index is -0.583. The number of hydrogen-bond acceptors (Lipinski definition) is 1. The monoisotopic (exact) mass is 431 g/mol. The van der Waals surface area contributed by atoms with Gasteiger partial charge in [-0.25, -0.2) is 8.78 Å². The first-order valence-corrected chi connectivity index (χ1v) is 7.03. The Bertz CT molecular complexity index is 682. The second-order valence-corrected chi connectivity index (χ2v) is 5.22. The standard InChI is InChI=1S/C17H19F2N3.HI/c1-11-3-4-16(7-12(11)2)22-17(20)21-6-5-13-8-14(18)10-15(19)9-13;/h3-4,7-10H,5-6H2,1-2H3,(H3,20,21,22);1H. The van der Waals surface area contributed by atoms with E-state index in [-0.39, 0.29) is 29.9 Å². The molecule has 3 nitrogen and oxygen atoms in total. The summed E-state index contributed by atoms with van der Waals surface area (Å²) in [6, 6.07) is 9.35. The summed E-state index contributed by atoms with van der Waals surface area (Å²) in [6.45, 7) is 4.41. The smallest absolute Gasteiger partial charge is 0.193 e. The van der Waals surface area contributed by atoms with Crippen LogP contribution in [0.2, 0.25) is 0 Å². The van der Waals surface area contributed by atoms with E-state index in [2.05, 4.69) is 10.3 Å². The van der Waals surface area contributed by atoms with Gasteiger partial charge in [-0.05, 0) is 61.2 Å². The van der Waals surface area contributed by atoms with Gasteiger partial charge >= 0.3 is 0 Å². The van der Waals surface area contributed by atoms with Gasteiger partial charge in [0, 0.05) is 18.3 Å². The second-order valence-electron chi connectivity index (χ2n) is 5.22. The van der Waals surface area contributed by atoms with Crippen LogP contribution in [-0.2, 0) is 6.42 Å². The average molecular weight is 431 g/mol. The molecule has 0 heterocycles. The van der Waals surface area contributed by atoms with E-state index < -0.39 is 11.6 Å². The van der Waals surface area contributed by atoms with E-state index in [1.165, 1.54) is 17.7 Å². The van der Waals surface area contributed by atoms with E-state index in [9.17, 15) is 8.78 Å². The number of benzene rings is 2. The van der Waals surface area contributed by atoms with Crippen LogP contribution in [-0.4, -0.2) is 12.5 Å². The summed E-state index contributed by atoms with van der Waals surface area (Å²) in [6.07, 6.45) is 0.421. The molecule has 124 valence electrons. The summed E-state index contributed by atoms with van der Waals surface area (Å²) in [4.78, 5) is 4.16. The Balaban J connectivity index is 0.00000264. The third-order valence-corrected chi connectivity index (χ3v) is 3.38. The van der Waals surface area contributed by atoms with Gasteiger partial charge in [0.25, 0.3) is 0 Å². The van der Waals surface area contributed by atoms with Gasteiger partial charge in [-0.1, -0.05) is 6.07 Å². The SMILES string of the molecule is Cc1ccc(NC(N)=NCCc2cc(F)cc(F)c2)cc1C.I. The predicted octanol–water partition coefficient (Wildman–Crippen LogP) is 4.17. The summed E-state index contributed by atoms with van der Waals surface area (Å²) in [5, 5.41) is 3.00. The van der Waals surface area contributed by atoms with Gasteiger partial charge in [-0.2, -0.15) is 0 Å². The molecule has 2 rings (SSSR count). The summed E-state index contributed by atoms with van der Waals surface area (Å²) in [5.41, 5.74) is 9.59. The number of halogens is 3. The highest BCUT2D eigenvalue weighted by atomic mass is 127. The van der Waals surface area contributed by atoms with E-state index in [0.29, 0.717) is 18.5 Å². The van der Waals surface area contributed by atoms with Crippen molar-refractivity contribution in [2.75, 3.05) is 11.9 Å². The highest BCUT2D eigenvalue weighted by Crippen LogP contribution is 2.14. The fourth-order valence-corrected chi connectivity index (χ4v) is 2.07. The number of hydrogen-bond donors (Lipinski definition) is 2. The maximum absolute atomic E-state index is 13.1. The second kappa shape index (κ2) is 8.81. The lowest BCUT2D eigenvalue weighted by atomic mass is 10.1. The van der Waals surface area contributed by atoms with Crippen molar-refractivity contribution in [1.29, 1.82) is 0 Å². The molecule has 0 bridgehead atoms. The zero-order valence-electron chi connectivity index (χ0n) is 13.1. The van der Waals surface area contributed by atoms with E-state index in [1.54, 1.807) is 0 Å². The van der Waals surface area contributed by atoms with Crippen molar-refractivity contribution in [3.05, 3.63) is 64.7 Å². The lowest BCUT2D eigenvalue weighted by Gasteiger charge is -2.08. The zero-order chi connectivity index (χ0) is 16.1. The largest absolute Gasteiger partial charge is 0.370 e. The van der Waals surface area contributed by atoms with E-state index in [1.807, 2.05) is 32.0 Å². The molecule has 0 unspecified atom stereocenters. The normalized spacial score (nSPS) is 11.0. The molecular weight excluding hydrogens is 411 g/mol. The van der Waals surface area contributed by atoms with Crippen molar-refractivity contribution in [2.45, 2.75) is 20.3 Å². The van der Waals surface area contributed by atoms with Gasteiger partial charge in [0.2, 0.25) is 0 Å². The van der Waals surface area contributed by atoms with Gasteiger partial charge in [0.1, 0.15) is 11.6 Å². The Labute approximate surface area is 152 Å². The maximum Gasteiger partial charge on any atom is 0.193 e.